The second-order valence-corrected chi connectivity index (χ2v) is 10.1. The van der Waals surface area contributed by atoms with E-state index in [9.17, 15) is 4.79 Å². The van der Waals surface area contributed by atoms with Crippen LogP contribution in [0.2, 0.25) is 0 Å². The van der Waals surface area contributed by atoms with Gasteiger partial charge in [-0.2, -0.15) is 0 Å². The Labute approximate surface area is 240 Å². The fraction of sp³-hybridized carbons (Fsp3) is 0.457. The normalized spacial score (nSPS) is 11.6. The summed E-state index contributed by atoms with van der Waals surface area (Å²) in [6.07, 6.45) is 9.24. The molecule has 40 heavy (non-hydrogen) atoms. The van der Waals surface area contributed by atoms with Crippen molar-refractivity contribution >= 4 is 5.97 Å². The summed E-state index contributed by atoms with van der Waals surface area (Å²) in [4.78, 5) is 12.6. The quantitative estimate of drug-likeness (QED) is 0.111. The van der Waals surface area contributed by atoms with Gasteiger partial charge in [0.05, 0.1) is 13.2 Å². The average molecular weight is 547 g/mol. The number of unbranched alkanes of at least 4 members (excludes halogenated alkanes) is 6. The monoisotopic (exact) mass is 546 g/mol. The van der Waals surface area contributed by atoms with Gasteiger partial charge in [0.1, 0.15) is 12.4 Å². The molecule has 0 fully saturated rings. The van der Waals surface area contributed by atoms with E-state index in [2.05, 4.69) is 26.0 Å². The van der Waals surface area contributed by atoms with Gasteiger partial charge < -0.3 is 18.9 Å². The summed E-state index contributed by atoms with van der Waals surface area (Å²) < 4.78 is 23.7. The third kappa shape index (κ3) is 10.6. The van der Waals surface area contributed by atoms with Gasteiger partial charge in [0.15, 0.2) is 17.6 Å². The highest BCUT2D eigenvalue weighted by Crippen LogP contribution is 2.35. The topological polar surface area (TPSA) is 54.0 Å². The third-order valence-corrected chi connectivity index (χ3v) is 6.77. The van der Waals surface area contributed by atoms with E-state index in [0.717, 1.165) is 48.3 Å². The zero-order valence-corrected chi connectivity index (χ0v) is 24.5. The van der Waals surface area contributed by atoms with Crippen LogP contribution in [0.1, 0.15) is 84.1 Å². The summed E-state index contributed by atoms with van der Waals surface area (Å²) in [5.74, 6) is 1.67. The molecule has 1 atom stereocenters. The summed E-state index contributed by atoms with van der Waals surface area (Å²) in [6.45, 7) is 7.60. The lowest BCUT2D eigenvalue weighted by atomic mass is 10.0. The number of ether oxygens (including phenoxy) is 4. The van der Waals surface area contributed by atoms with E-state index in [1.165, 1.54) is 32.1 Å². The minimum absolute atomic E-state index is 0.319. The molecule has 0 aromatic heterocycles. The number of benzene rings is 3. The predicted octanol–water partition coefficient (Wildman–Crippen LogP) is 9.17. The van der Waals surface area contributed by atoms with Crippen molar-refractivity contribution in [1.29, 1.82) is 0 Å². The lowest BCUT2D eigenvalue weighted by Gasteiger charge is -2.20. The number of rotatable bonds is 19. The summed E-state index contributed by atoms with van der Waals surface area (Å²) in [5, 5.41) is 0. The summed E-state index contributed by atoms with van der Waals surface area (Å²) in [5.41, 5.74) is 3.11. The minimum atomic E-state index is -0.673. The Morgan fingerprint density at radius 3 is 2.12 bits per heavy atom. The van der Waals surface area contributed by atoms with Crippen molar-refractivity contribution in [2.24, 2.45) is 0 Å². The van der Waals surface area contributed by atoms with E-state index >= 15 is 0 Å². The second-order valence-electron chi connectivity index (χ2n) is 10.1. The molecule has 0 radical (unpaired) electrons. The molecule has 0 unspecified atom stereocenters. The van der Waals surface area contributed by atoms with Crippen molar-refractivity contribution in [2.45, 2.75) is 91.3 Å². The molecule has 0 saturated carbocycles. The van der Waals surface area contributed by atoms with Gasteiger partial charge in [-0.15, -0.1) is 0 Å². The van der Waals surface area contributed by atoms with Gasteiger partial charge in [-0.1, -0.05) is 101 Å². The van der Waals surface area contributed by atoms with E-state index in [-0.39, 0.29) is 5.97 Å². The molecule has 0 aliphatic rings. The lowest BCUT2D eigenvalue weighted by molar-refractivity contribution is -0.151. The molecule has 0 saturated heterocycles. The van der Waals surface area contributed by atoms with Gasteiger partial charge in [0, 0.05) is 0 Å². The molecule has 0 heterocycles. The van der Waals surface area contributed by atoms with Crippen molar-refractivity contribution in [3.05, 3.63) is 78.4 Å². The fourth-order valence-electron chi connectivity index (χ4n) is 4.45. The van der Waals surface area contributed by atoms with Crippen LogP contribution in [0.15, 0.2) is 72.8 Å². The largest absolute Gasteiger partial charge is 0.494 e. The average Bonchev–Trinajstić information content (AvgIpc) is 2.99. The minimum Gasteiger partial charge on any atom is -0.494 e. The smallest absolute Gasteiger partial charge is 0.347 e. The molecule has 3 aromatic rings. The van der Waals surface area contributed by atoms with Crippen LogP contribution in [-0.4, -0.2) is 25.3 Å². The molecule has 0 aliphatic heterocycles. The summed E-state index contributed by atoms with van der Waals surface area (Å²) >= 11 is 0. The van der Waals surface area contributed by atoms with Crippen LogP contribution in [0, 0.1) is 0 Å². The molecule has 3 rings (SSSR count). The second kappa shape index (κ2) is 18.0. The Balaban J connectivity index is 1.72. The van der Waals surface area contributed by atoms with Crippen LogP contribution in [0.25, 0.3) is 11.1 Å². The molecular formula is C35H46O5. The van der Waals surface area contributed by atoms with Crippen LogP contribution in [0.5, 0.6) is 17.2 Å². The Morgan fingerprint density at radius 1 is 0.700 bits per heavy atom. The van der Waals surface area contributed by atoms with E-state index in [1.54, 1.807) is 0 Å². The number of carbonyl (C=O) groups is 1. The van der Waals surface area contributed by atoms with Crippen molar-refractivity contribution in [3.63, 3.8) is 0 Å². The molecule has 0 spiro atoms. The maximum Gasteiger partial charge on any atom is 0.347 e. The van der Waals surface area contributed by atoms with Gasteiger partial charge >= 0.3 is 5.97 Å². The first-order chi connectivity index (χ1) is 19.6. The molecule has 5 heteroatoms. The van der Waals surface area contributed by atoms with Gasteiger partial charge in [-0.3, -0.25) is 0 Å². The van der Waals surface area contributed by atoms with Gasteiger partial charge in [0.2, 0.25) is 0 Å². The Morgan fingerprint density at radius 2 is 1.40 bits per heavy atom. The summed E-state index contributed by atoms with van der Waals surface area (Å²) in [7, 11) is 0. The van der Waals surface area contributed by atoms with Crippen molar-refractivity contribution in [2.75, 3.05) is 13.2 Å². The standard InChI is InChI=1S/C35H46O5/c1-4-7-9-10-11-15-25-38-31-22-19-29(20-23-31)30-21-24-32(40-33(18-8-5-2)35(36)37-6-3)34(26-30)39-27-28-16-13-12-14-17-28/h12-14,16-17,19-24,26,33H,4-11,15,18,25,27H2,1-3H3/t33-/m0/s1. The van der Waals surface area contributed by atoms with Gasteiger partial charge in [-0.05, 0) is 67.1 Å². The molecule has 5 nitrogen and oxygen atoms in total. The van der Waals surface area contributed by atoms with Crippen LogP contribution in [-0.2, 0) is 16.1 Å². The zero-order chi connectivity index (χ0) is 28.4. The molecule has 0 N–H and O–H groups in total. The highest BCUT2D eigenvalue weighted by atomic mass is 16.6. The Hall–Kier alpha value is -3.47. The zero-order valence-electron chi connectivity index (χ0n) is 24.5. The Bertz CT molecular complexity index is 1110. The van der Waals surface area contributed by atoms with E-state index in [1.807, 2.05) is 67.6 Å². The molecule has 216 valence electrons. The van der Waals surface area contributed by atoms with Crippen molar-refractivity contribution in [1.82, 2.24) is 0 Å². The number of hydrogen-bond acceptors (Lipinski definition) is 5. The number of esters is 1. The maximum absolute atomic E-state index is 12.6. The Kier molecular flexibility index (Phi) is 14.0. The lowest BCUT2D eigenvalue weighted by Crippen LogP contribution is -2.29. The van der Waals surface area contributed by atoms with Crippen LogP contribution in [0.3, 0.4) is 0 Å². The molecule has 0 amide bonds. The van der Waals surface area contributed by atoms with Gasteiger partial charge in [-0.25, -0.2) is 4.79 Å². The number of carbonyl (C=O) groups excluding carboxylic acids is 1. The fourth-order valence-corrected chi connectivity index (χ4v) is 4.45. The molecule has 3 aromatic carbocycles. The van der Waals surface area contributed by atoms with Crippen molar-refractivity contribution in [3.8, 4) is 28.4 Å². The highest BCUT2D eigenvalue weighted by molar-refractivity contribution is 5.75. The van der Waals surface area contributed by atoms with Crippen LogP contribution in [0.4, 0.5) is 0 Å². The third-order valence-electron chi connectivity index (χ3n) is 6.77. The molecule has 0 aliphatic carbocycles. The van der Waals surface area contributed by atoms with Gasteiger partial charge in [0.25, 0.3) is 0 Å². The molecular weight excluding hydrogens is 500 g/mol. The first kappa shape index (κ1) is 31.1. The maximum atomic E-state index is 12.6. The number of hydrogen-bond donors (Lipinski definition) is 0. The van der Waals surface area contributed by atoms with E-state index in [0.29, 0.717) is 31.1 Å². The predicted molar refractivity (Wildman–Crippen MR) is 162 cm³/mol. The first-order valence-corrected chi connectivity index (χ1v) is 15.0. The van der Waals surface area contributed by atoms with E-state index < -0.39 is 6.10 Å². The highest BCUT2D eigenvalue weighted by Gasteiger charge is 2.23. The SMILES string of the molecule is CCCCCCCCOc1ccc(-c2ccc(O[C@@H](CCCC)C(=O)OCC)c(OCc3ccccc3)c2)cc1. The van der Waals surface area contributed by atoms with Crippen molar-refractivity contribution < 1.29 is 23.7 Å². The summed E-state index contributed by atoms with van der Waals surface area (Å²) in [6, 6.07) is 24.0. The molecule has 0 bridgehead atoms. The van der Waals surface area contributed by atoms with E-state index in [4.69, 9.17) is 18.9 Å². The van der Waals surface area contributed by atoms with Crippen LogP contribution >= 0.6 is 0 Å². The van der Waals surface area contributed by atoms with Crippen LogP contribution < -0.4 is 14.2 Å². The first-order valence-electron chi connectivity index (χ1n) is 15.0.